The first-order valence-corrected chi connectivity index (χ1v) is 7.97. The van der Waals surface area contributed by atoms with E-state index >= 15 is 0 Å². The maximum Gasteiger partial charge on any atom is 0.328 e. The Labute approximate surface area is 128 Å². The number of thioether (sulfide) groups is 1. The number of ether oxygens (including phenoxy) is 1. The topological polar surface area (TPSA) is 95.9 Å². The zero-order chi connectivity index (χ0) is 16.0. The average molecular weight is 318 g/mol. The molecule has 2 N–H and O–H groups in total. The van der Waals surface area contributed by atoms with Crippen LogP contribution in [0.3, 0.4) is 0 Å². The van der Waals surface area contributed by atoms with Crippen molar-refractivity contribution in [1.29, 1.82) is 0 Å². The van der Waals surface area contributed by atoms with E-state index in [9.17, 15) is 14.4 Å². The van der Waals surface area contributed by atoms with Crippen molar-refractivity contribution < 1.29 is 24.2 Å². The number of carboxylic acids is 1. The third kappa shape index (κ3) is 5.11. The molecule has 1 aliphatic heterocycles. The highest BCUT2D eigenvalue weighted by atomic mass is 32.2. The lowest BCUT2D eigenvalue weighted by Gasteiger charge is -2.33. The zero-order valence-electron chi connectivity index (χ0n) is 12.5. The molecule has 120 valence electrons. The first kappa shape index (κ1) is 17.6. The molecule has 2 amide bonds. The Balaban J connectivity index is 2.74. The fourth-order valence-electron chi connectivity index (χ4n) is 2.11. The number of nitrogens with zero attached hydrogens (tertiary/aromatic N) is 1. The molecule has 1 saturated heterocycles. The van der Waals surface area contributed by atoms with Gasteiger partial charge in [0.1, 0.15) is 12.1 Å². The summed E-state index contributed by atoms with van der Waals surface area (Å²) in [7, 11) is 1.26. The van der Waals surface area contributed by atoms with E-state index in [1.54, 1.807) is 0 Å². The quantitative estimate of drug-likeness (QED) is 0.728. The second kappa shape index (κ2) is 8.11. The normalized spacial score (nSPS) is 20.0. The summed E-state index contributed by atoms with van der Waals surface area (Å²) in [5.74, 6) is -0.312. The van der Waals surface area contributed by atoms with Crippen molar-refractivity contribution in [2.24, 2.45) is 5.92 Å². The third-order valence-electron chi connectivity index (χ3n) is 3.16. The van der Waals surface area contributed by atoms with E-state index < -0.39 is 30.1 Å². The number of hydrogen-bond donors (Lipinski definition) is 2. The minimum atomic E-state index is -1.03. The number of aliphatic carboxylic acids is 1. The van der Waals surface area contributed by atoms with Crippen molar-refractivity contribution in [3.63, 3.8) is 0 Å². The highest BCUT2D eigenvalue weighted by Gasteiger charge is 2.34. The molecule has 2 atom stereocenters. The highest BCUT2D eigenvalue weighted by Crippen LogP contribution is 2.17. The van der Waals surface area contributed by atoms with Gasteiger partial charge in [-0.1, -0.05) is 13.8 Å². The van der Waals surface area contributed by atoms with Gasteiger partial charge in [0.25, 0.3) is 0 Å². The van der Waals surface area contributed by atoms with E-state index in [1.165, 1.54) is 23.8 Å². The van der Waals surface area contributed by atoms with Crippen molar-refractivity contribution >= 4 is 29.7 Å². The summed E-state index contributed by atoms with van der Waals surface area (Å²) in [4.78, 5) is 36.4. The van der Waals surface area contributed by atoms with Crippen LogP contribution in [-0.4, -0.2) is 65.2 Å². The molecule has 8 heteroatoms. The maximum absolute atomic E-state index is 12.3. The van der Waals surface area contributed by atoms with Crippen LogP contribution in [0.2, 0.25) is 0 Å². The Kier molecular flexibility index (Phi) is 6.80. The number of hydrogen-bond acceptors (Lipinski definition) is 5. The Morgan fingerprint density at radius 3 is 2.62 bits per heavy atom. The molecule has 7 nitrogen and oxygen atoms in total. The maximum atomic E-state index is 12.3. The second-order valence-electron chi connectivity index (χ2n) is 5.28. The first-order valence-electron chi connectivity index (χ1n) is 6.82. The monoisotopic (exact) mass is 318 g/mol. The van der Waals surface area contributed by atoms with E-state index in [0.717, 1.165) is 0 Å². The lowest BCUT2D eigenvalue weighted by Crippen LogP contribution is -2.56. The van der Waals surface area contributed by atoms with Crippen LogP contribution in [0.5, 0.6) is 0 Å². The summed E-state index contributed by atoms with van der Waals surface area (Å²) < 4.78 is 4.68. The Bertz CT molecular complexity index is 402. The summed E-state index contributed by atoms with van der Waals surface area (Å²) in [5, 5.41) is 11.8. The third-order valence-corrected chi connectivity index (χ3v) is 4.19. The van der Waals surface area contributed by atoms with Crippen LogP contribution in [0.25, 0.3) is 0 Å². The van der Waals surface area contributed by atoms with Crippen molar-refractivity contribution in [2.75, 3.05) is 25.2 Å². The summed E-state index contributed by atoms with van der Waals surface area (Å²) in [6.07, 6.45) is 0.443. The van der Waals surface area contributed by atoms with Gasteiger partial charge in [-0.25, -0.2) is 14.4 Å². The molecule has 0 bridgehead atoms. The minimum absolute atomic E-state index is 0.196. The molecule has 1 rings (SSSR count). The molecule has 1 aliphatic rings. The summed E-state index contributed by atoms with van der Waals surface area (Å²) >= 11 is 1.50. The van der Waals surface area contributed by atoms with Gasteiger partial charge in [0.15, 0.2) is 0 Å². The molecule has 2 unspecified atom stereocenters. The van der Waals surface area contributed by atoms with Gasteiger partial charge in [-0.05, 0) is 12.3 Å². The molecule has 0 radical (unpaired) electrons. The number of carbonyl (C=O) groups is 3. The van der Waals surface area contributed by atoms with Crippen LogP contribution in [0.1, 0.15) is 20.3 Å². The van der Waals surface area contributed by atoms with Crippen LogP contribution in [0.15, 0.2) is 0 Å². The van der Waals surface area contributed by atoms with Gasteiger partial charge in [0, 0.05) is 18.1 Å². The molecule has 0 saturated carbocycles. The predicted molar refractivity (Wildman–Crippen MR) is 79.2 cm³/mol. The molecule has 1 fully saturated rings. The largest absolute Gasteiger partial charge is 0.480 e. The predicted octanol–water partition coefficient (Wildman–Crippen LogP) is 0.786. The van der Waals surface area contributed by atoms with Crippen molar-refractivity contribution in [2.45, 2.75) is 32.4 Å². The number of urea groups is 1. The van der Waals surface area contributed by atoms with Crippen LogP contribution in [-0.2, 0) is 14.3 Å². The van der Waals surface area contributed by atoms with Gasteiger partial charge in [-0.3, -0.25) is 0 Å². The van der Waals surface area contributed by atoms with Gasteiger partial charge < -0.3 is 20.1 Å². The molecule has 0 aromatic carbocycles. The Morgan fingerprint density at radius 1 is 1.43 bits per heavy atom. The zero-order valence-corrected chi connectivity index (χ0v) is 13.3. The number of carbonyl (C=O) groups excluding carboxylic acids is 2. The average Bonchev–Trinajstić information content (AvgIpc) is 2.45. The molecule has 1 heterocycles. The highest BCUT2D eigenvalue weighted by molar-refractivity contribution is 7.99. The van der Waals surface area contributed by atoms with E-state index in [0.29, 0.717) is 24.5 Å². The van der Waals surface area contributed by atoms with Gasteiger partial charge in [0.05, 0.1) is 7.11 Å². The number of nitrogens with one attached hydrogen (secondary N) is 1. The standard InChI is InChI=1S/C13H22N2O5S/c1-8(2)6-9(12(18)20-3)14-13(19)15-4-5-21-7-10(15)11(16)17/h8-10H,4-7H2,1-3H3,(H,14,19)(H,16,17). The van der Waals surface area contributed by atoms with E-state index in [2.05, 4.69) is 10.1 Å². The molecule has 0 aromatic heterocycles. The number of carboxylic acid groups (broad SMARTS) is 1. The molecule has 21 heavy (non-hydrogen) atoms. The molecule has 0 spiro atoms. The molecule has 0 aliphatic carbocycles. The summed E-state index contributed by atoms with van der Waals surface area (Å²) in [5.41, 5.74) is 0. The number of methoxy groups -OCH3 is 1. The summed E-state index contributed by atoms with van der Waals surface area (Å²) in [6.45, 7) is 4.21. The number of amides is 2. The Hall–Kier alpha value is -1.44. The number of rotatable bonds is 5. The molecular weight excluding hydrogens is 296 g/mol. The van der Waals surface area contributed by atoms with E-state index in [4.69, 9.17) is 5.11 Å². The van der Waals surface area contributed by atoms with Crippen molar-refractivity contribution in [3.05, 3.63) is 0 Å². The lowest BCUT2D eigenvalue weighted by atomic mass is 10.0. The SMILES string of the molecule is COC(=O)C(CC(C)C)NC(=O)N1CCSCC1C(=O)O. The van der Waals surface area contributed by atoms with Gasteiger partial charge in [-0.2, -0.15) is 11.8 Å². The van der Waals surface area contributed by atoms with Crippen LogP contribution >= 0.6 is 11.8 Å². The first-order chi connectivity index (χ1) is 9.86. The van der Waals surface area contributed by atoms with Crippen molar-refractivity contribution in [3.8, 4) is 0 Å². The van der Waals surface area contributed by atoms with Crippen LogP contribution in [0, 0.1) is 5.92 Å². The van der Waals surface area contributed by atoms with Gasteiger partial charge in [0.2, 0.25) is 0 Å². The van der Waals surface area contributed by atoms with Crippen LogP contribution < -0.4 is 5.32 Å². The molecule has 0 aromatic rings. The fourth-order valence-corrected chi connectivity index (χ4v) is 3.15. The smallest absolute Gasteiger partial charge is 0.328 e. The fraction of sp³-hybridized carbons (Fsp3) is 0.769. The van der Waals surface area contributed by atoms with E-state index in [-0.39, 0.29) is 5.92 Å². The van der Waals surface area contributed by atoms with Crippen molar-refractivity contribution in [1.82, 2.24) is 10.2 Å². The lowest BCUT2D eigenvalue weighted by molar-refractivity contribution is -0.143. The van der Waals surface area contributed by atoms with Gasteiger partial charge in [-0.15, -0.1) is 0 Å². The Morgan fingerprint density at radius 2 is 2.10 bits per heavy atom. The minimum Gasteiger partial charge on any atom is -0.480 e. The molecular formula is C13H22N2O5S. The summed E-state index contributed by atoms with van der Waals surface area (Å²) in [6, 6.07) is -2.15. The number of esters is 1. The van der Waals surface area contributed by atoms with E-state index in [1.807, 2.05) is 13.8 Å². The van der Waals surface area contributed by atoms with Crippen LogP contribution in [0.4, 0.5) is 4.79 Å². The van der Waals surface area contributed by atoms with Gasteiger partial charge >= 0.3 is 18.0 Å². The second-order valence-corrected chi connectivity index (χ2v) is 6.43.